The number of carbonyl (C=O) groups is 1. The fourth-order valence-corrected chi connectivity index (χ4v) is 4.95. The van der Waals surface area contributed by atoms with E-state index in [0.29, 0.717) is 12.5 Å². The molecule has 0 bridgehead atoms. The van der Waals surface area contributed by atoms with Crippen LogP contribution in [-0.4, -0.2) is 49.0 Å². The quantitative estimate of drug-likeness (QED) is 0.637. The van der Waals surface area contributed by atoms with Crippen molar-refractivity contribution in [3.8, 4) is 5.75 Å². The number of rotatable bonds is 7. The average molecular weight is 427 g/mol. The van der Waals surface area contributed by atoms with E-state index in [2.05, 4.69) is 34.1 Å². The van der Waals surface area contributed by atoms with Gasteiger partial charge in [0.25, 0.3) is 0 Å². The molecule has 2 aliphatic heterocycles. The molecule has 2 saturated heterocycles. The lowest BCUT2D eigenvalue weighted by Gasteiger charge is -2.38. The summed E-state index contributed by atoms with van der Waals surface area (Å²) >= 11 is 5.96. The number of aryl methyl sites for hydroxylation is 1. The van der Waals surface area contributed by atoms with Gasteiger partial charge >= 0.3 is 0 Å². The molecule has 2 fully saturated rings. The molecule has 0 saturated carbocycles. The standard InChI is InChI=1S/C25H31ClN2O2/c1-30-23-10-6-21(7-11-23)19-28-18-14-25(24(28)29)12-16-27(17-13-25)15-2-3-20-4-8-22(26)9-5-20/h4-11H,2-3,12-19H2,1H3. The van der Waals surface area contributed by atoms with Gasteiger partial charge in [-0.3, -0.25) is 4.79 Å². The van der Waals surface area contributed by atoms with Crippen LogP contribution in [0.5, 0.6) is 5.75 Å². The minimum absolute atomic E-state index is 0.126. The lowest BCUT2D eigenvalue weighted by Crippen LogP contribution is -2.44. The number of amides is 1. The predicted molar refractivity (Wildman–Crippen MR) is 121 cm³/mol. The second-order valence-electron chi connectivity index (χ2n) is 8.68. The van der Waals surface area contributed by atoms with Crippen molar-refractivity contribution in [2.24, 2.45) is 5.41 Å². The Hall–Kier alpha value is -2.04. The fourth-order valence-electron chi connectivity index (χ4n) is 4.82. The van der Waals surface area contributed by atoms with Crippen LogP contribution in [0.3, 0.4) is 0 Å². The van der Waals surface area contributed by atoms with Crippen LogP contribution in [-0.2, 0) is 17.8 Å². The van der Waals surface area contributed by atoms with E-state index < -0.39 is 0 Å². The summed E-state index contributed by atoms with van der Waals surface area (Å²) in [6.07, 6.45) is 5.21. The van der Waals surface area contributed by atoms with Crippen molar-refractivity contribution in [1.29, 1.82) is 0 Å². The number of benzene rings is 2. The van der Waals surface area contributed by atoms with E-state index in [1.54, 1.807) is 7.11 Å². The molecule has 2 aromatic rings. The molecule has 4 rings (SSSR count). The normalized spacial score (nSPS) is 18.9. The minimum Gasteiger partial charge on any atom is -0.497 e. The van der Waals surface area contributed by atoms with Gasteiger partial charge in [-0.1, -0.05) is 35.9 Å². The van der Waals surface area contributed by atoms with Crippen LogP contribution in [0.25, 0.3) is 0 Å². The molecular weight excluding hydrogens is 396 g/mol. The Kier molecular flexibility index (Phi) is 6.64. The highest BCUT2D eigenvalue weighted by Crippen LogP contribution is 2.42. The lowest BCUT2D eigenvalue weighted by atomic mass is 9.77. The molecule has 0 radical (unpaired) electrons. The Morgan fingerprint density at radius 1 is 0.933 bits per heavy atom. The Balaban J connectivity index is 1.24. The Morgan fingerprint density at radius 2 is 1.57 bits per heavy atom. The minimum atomic E-state index is -0.126. The van der Waals surface area contributed by atoms with Crippen molar-refractivity contribution in [2.45, 2.75) is 38.6 Å². The summed E-state index contributed by atoms with van der Waals surface area (Å²) in [4.78, 5) is 17.8. The van der Waals surface area contributed by atoms with Gasteiger partial charge in [-0.25, -0.2) is 0 Å². The average Bonchev–Trinajstić information content (AvgIpc) is 3.07. The third-order valence-corrected chi connectivity index (χ3v) is 7.05. The summed E-state index contributed by atoms with van der Waals surface area (Å²) in [7, 11) is 1.67. The molecule has 1 amide bonds. The molecule has 2 aromatic carbocycles. The number of halogens is 1. The Bertz CT molecular complexity index is 842. The van der Waals surface area contributed by atoms with Crippen LogP contribution in [0.1, 0.15) is 36.8 Å². The van der Waals surface area contributed by atoms with Crippen LogP contribution < -0.4 is 4.74 Å². The van der Waals surface area contributed by atoms with Gasteiger partial charge in [-0.15, -0.1) is 0 Å². The first kappa shape index (κ1) is 21.2. The summed E-state index contributed by atoms with van der Waals surface area (Å²) in [5.74, 6) is 1.21. The third kappa shape index (κ3) is 4.81. The summed E-state index contributed by atoms with van der Waals surface area (Å²) in [5, 5.41) is 0.794. The highest BCUT2D eigenvalue weighted by molar-refractivity contribution is 6.30. The van der Waals surface area contributed by atoms with Gasteiger partial charge in [-0.05, 0) is 87.1 Å². The predicted octanol–water partition coefficient (Wildman–Crippen LogP) is 4.80. The largest absolute Gasteiger partial charge is 0.497 e. The van der Waals surface area contributed by atoms with Gasteiger partial charge in [0.05, 0.1) is 12.5 Å². The molecule has 0 aliphatic carbocycles. The maximum atomic E-state index is 13.2. The maximum Gasteiger partial charge on any atom is 0.229 e. The molecule has 0 N–H and O–H groups in total. The number of likely N-dealkylation sites (tertiary alicyclic amines) is 2. The number of piperidine rings is 1. The topological polar surface area (TPSA) is 32.8 Å². The molecule has 2 heterocycles. The van der Waals surface area contributed by atoms with E-state index in [0.717, 1.165) is 69.1 Å². The molecule has 5 heteroatoms. The van der Waals surface area contributed by atoms with Gasteiger partial charge in [-0.2, -0.15) is 0 Å². The number of methoxy groups -OCH3 is 1. The molecule has 160 valence electrons. The van der Waals surface area contributed by atoms with Crippen molar-refractivity contribution in [1.82, 2.24) is 9.80 Å². The van der Waals surface area contributed by atoms with Crippen LogP contribution in [0.15, 0.2) is 48.5 Å². The van der Waals surface area contributed by atoms with Crippen molar-refractivity contribution >= 4 is 17.5 Å². The number of nitrogens with zero attached hydrogens (tertiary/aromatic N) is 2. The second kappa shape index (κ2) is 9.40. The number of hydrogen-bond acceptors (Lipinski definition) is 3. The molecule has 1 spiro atoms. The van der Waals surface area contributed by atoms with Gasteiger partial charge in [0.1, 0.15) is 5.75 Å². The molecule has 0 aromatic heterocycles. The first-order valence-corrected chi connectivity index (χ1v) is 11.3. The Morgan fingerprint density at radius 3 is 2.23 bits per heavy atom. The van der Waals surface area contributed by atoms with E-state index >= 15 is 0 Å². The van der Waals surface area contributed by atoms with E-state index in [9.17, 15) is 4.79 Å². The van der Waals surface area contributed by atoms with E-state index in [-0.39, 0.29) is 5.41 Å². The van der Waals surface area contributed by atoms with Crippen molar-refractivity contribution < 1.29 is 9.53 Å². The smallest absolute Gasteiger partial charge is 0.229 e. The monoisotopic (exact) mass is 426 g/mol. The summed E-state index contributed by atoms with van der Waals surface area (Å²) < 4.78 is 5.23. The lowest BCUT2D eigenvalue weighted by molar-refractivity contribution is -0.138. The SMILES string of the molecule is COc1ccc(CN2CCC3(CCN(CCCc4ccc(Cl)cc4)CC3)C2=O)cc1. The van der Waals surface area contributed by atoms with Gasteiger partial charge in [0, 0.05) is 18.1 Å². The number of carbonyl (C=O) groups excluding carboxylic acids is 1. The zero-order chi connectivity index (χ0) is 21.0. The molecular formula is C25H31ClN2O2. The van der Waals surface area contributed by atoms with Crippen molar-refractivity contribution in [2.75, 3.05) is 33.3 Å². The fraction of sp³-hybridized carbons (Fsp3) is 0.480. The molecule has 0 unspecified atom stereocenters. The van der Waals surface area contributed by atoms with Crippen LogP contribution in [0.2, 0.25) is 5.02 Å². The second-order valence-corrected chi connectivity index (χ2v) is 9.11. The summed E-state index contributed by atoms with van der Waals surface area (Å²) in [6.45, 7) is 4.74. The molecule has 4 nitrogen and oxygen atoms in total. The maximum absolute atomic E-state index is 13.2. The van der Waals surface area contributed by atoms with Gasteiger partial charge in [0.2, 0.25) is 5.91 Å². The number of ether oxygens (including phenoxy) is 1. The molecule has 0 atom stereocenters. The van der Waals surface area contributed by atoms with Crippen LogP contribution in [0.4, 0.5) is 0 Å². The highest BCUT2D eigenvalue weighted by atomic mass is 35.5. The van der Waals surface area contributed by atoms with Crippen molar-refractivity contribution in [3.63, 3.8) is 0 Å². The highest BCUT2D eigenvalue weighted by Gasteiger charge is 2.47. The van der Waals surface area contributed by atoms with Crippen molar-refractivity contribution in [3.05, 3.63) is 64.7 Å². The zero-order valence-electron chi connectivity index (χ0n) is 17.8. The summed E-state index contributed by atoms with van der Waals surface area (Å²) in [6, 6.07) is 16.2. The zero-order valence-corrected chi connectivity index (χ0v) is 18.5. The first-order chi connectivity index (χ1) is 14.6. The van der Waals surface area contributed by atoms with Crippen LogP contribution >= 0.6 is 11.6 Å². The molecule has 2 aliphatic rings. The first-order valence-electron chi connectivity index (χ1n) is 11.0. The van der Waals surface area contributed by atoms with E-state index in [1.165, 1.54) is 11.1 Å². The Labute approximate surface area is 184 Å². The van der Waals surface area contributed by atoms with Gasteiger partial charge in [0.15, 0.2) is 0 Å². The van der Waals surface area contributed by atoms with E-state index in [4.69, 9.17) is 16.3 Å². The molecule has 30 heavy (non-hydrogen) atoms. The van der Waals surface area contributed by atoms with Crippen LogP contribution in [0, 0.1) is 5.41 Å². The summed E-state index contributed by atoms with van der Waals surface area (Å²) in [5.41, 5.74) is 2.38. The van der Waals surface area contributed by atoms with Gasteiger partial charge < -0.3 is 14.5 Å². The van der Waals surface area contributed by atoms with E-state index in [1.807, 2.05) is 24.3 Å². The number of hydrogen-bond donors (Lipinski definition) is 0. The third-order valence-electron chi connectivity index (χ3n) is 6.80.